The third kappa shape index (κ3) is 3.16. The van der Waals surface area contributed by atoms with Crippen LogP contribution in [-0.2, 0) is 21.7 Å². The molecule has 9 heteroatoms. The third-order valence-electron chi connectivity index (χ3n) is 4.95. The highest BCUT2D eigenvalue weighted by Crippen LogP contribution is 2.39. The number of ether oxygens (including phenoxy) is 2. The number of alkyl halides is 1. The largest absolute Gasteiger partial charge is 0.496 e. The molecular formula is C20H21FN4O4. The van der Waals surface area contributed by atoms with Gasteiger partial charge in [0.15, 0.2) is 23.3 Å². The summed E-state index contributed by atoms with van der Waals surface area (Å²) in [6.45, 7) is 4.02. The smallest absolute Gasteiger partial charge is 0.352 e. The first-order chi connectivity index (χ1) is 14.0. The maximum Gasteiger partial charge on any atom is 0.352 e. The van der Waals surface area contributed by atoms with Gasteiger partial charge in [-0.1, -0.05) is 6.07 Å². The second-order valence-electron chi connectivity index (χ2n) is 6.78. The summed E-state index contributed by atoms with van der Waals surface area (Å²) < 4.78 is 33.1. The van der Waals surface area contributed by atoms with Crippen LogP contribution in [0, 0.1) is 6.92 Å². The number of methoxy groups -OCH3 is 1. The number of hydrogen-bond donors (Lipinski definition) is 0. The van der Waals surface area contributed by atoms with Crippen LogP contribution in [0.15, 0.2) is 28.8 Å². The molecule has 4 rings (SSSR count). The Morgan fingerprint density at radius 3 is 2.90 bits per heavy atom. The minimum absolute atomic E-state index is 0.0221. The summed E-state index contributed by atoms with van der Waals surface area (Å²) in [4.78, 5) is 16.3. The number of carbonyl (C=O) groups is 1. The molecule has 0 bridgehead atoms. The van der Waals surface area contributed by atoms with Crippen LogP contribution >= 0.6 is 0 Å². The van der Waals surface area contributed by atoms with E-state index in [2.05, 4.69) is 15.2 Å². The molecule has 0 N–H and O–H groups in total. The highest BCUT2D eigenvalue weighted by atomic mass is 19.1. The molecule has 1 atom stereocenters. The lowest BCUT2D eigenvalue weighted by Crippen LogP contribution is -2.39. The van der Waals surface area contributed by atoms with E-state index in [0.717, 1.165) is 5.56 Å². The SMILES string of the molecule is CCOC(=O)C1(F)CCCn2c(-c3ccc(-c4cnc(C)o4)c(OC)c3)nnc21. The average molecular weight is 400 g/mol. The number of halogens is 1. The van der Waals surface area contributed by atoms with Crippen LogP contribution in [0.3, 0.4) is 0 Å². The molecule has 3 aromatic rings. The number of hydrogen-bond acceptors (Lipinski definition) is 7. The number of aromatic nitrogens is 4. The number of fused-ring (bicyclic) bond motifs is 1. The van der Waals surface area contributed by atoms with Crippen molar-refractivity contribution in [2.75, 3.05) is 13.7 Å². The predicted molar refractivity (Wildman–Crippen MR) is 101 cm³/mol. The fourth-order valence-electron chi connectivity index (χ4n) is 3.57. The van der Waals surface area contributed by atoms with Crippen molar-refractivity contribution in [2.24, 2.45) is 0 Å². The molecule has 2 aromatic heterocycles. The molecule has 0 spiro atoms. The lowest BCUT2D eigenvalue weighted by atomic mass is 9.95. The second-order valence-corrected chi connectivity index (χ2v) is 6.78. The van der Waals surface area contributed by atoms with E-state index in [0.29, 0.717) is 41.8 Å². The Bertz CT molecular complexity index is 1060. The van der Waals surface area contributed by atoms with Gasteiger partial charge in [-0.2, -0.15) is 0 Å². The zero-order chi connectivity index (χ0) is 20.6. The van der Waals surface area contributed by atoms with Crippen molar-refractivity contribution in [1.82, 2.24) is 19.7 Å². The zero-order valence-corrected chi connectivity index (χ0v) is 16.4. The van der Waals surface area contributed by atoms with E-state index in [4.69, 9.17) is 13.9 Å². The molecule has 0 fully saturated rings. The summed E-state index contributed by atoms with van der Waals surface area (Å²) in [6, 6.07) is 5.43. The van der Waals surface area contributed by atoms with E-state index in [9.17, 15) is 4.79 Å². The summed E-state index contributed by atoms with van der Waals surface area (Å²) in [6.07, 6.45) is 2.12. The number of carbonyl (C=O) groups excluding carboxylic acids is 1. The van der Waals surface area contributed by atoms with Gasteiger partial charge in [-0.3, -0.25) is 0 Å². The number of esters is 1. The Balaban J connectivity index is 1.75. The molecule has 1 unspecified atom stereocenters. The highest BCUT2D eigenvalue weighted by Gasteiger charge is 2.49. The number of aryl methyl sites for hydroxylation is 1. The van der Waals surface area contributed by atoms with Gasteiger partial charge in [0, 0.05) is 25.5 Å². The molecule has 1 aliphatic rings. The summed E-state index contributed by atoms with van der Waals surface area (Å²) in [7, 11) is 1.55. The van der Waals surface area contributed by atoms with Gasteiger partial charge in [0.1, 0.15) is 5.75 Å². The van der Waals surface area contributed by atoms with Gasteiger partial charge < -0.3 is 18.5 Å². The Labute approximate surface area is 166 Å². The minimum Gasteiger partial charge on any atom is -0.496 e. The van der Waals surface area contributed by atoms with Gasteiger partial charge in [0.05, 0.1) is 25.5 Å². The molecule has 0 saturated carbocycles. The van der Waals surface area contributed by atoms with Crippen molar-refractivity contribution in [3.63, 3.8) is 0 Å². The quantitative estimate of drug-likeness (QED) is 0.606. The summed E-state index contributed by atoms with van der Waals surface area (Å²) >= 11 is 0. The van der Waals surface area contributed by atoms with Crippen molar-refractivity contribution in [3.8, 4) is 28.5 Å². The van der Waals surface area contributed by atoms with Gasteiger partial charge in [-0.25, -0.2) is 14.2 Å². The molecule has 0 radical (unpaired) electrons. The molecule has 1 aromatic carbocycles. The Hall–Kier alpha value is -3.23. The van der Waals surface area contributed by atoms with Crippen LogP contribution < -0.4 is 4.74 Å². The van der Waals surface area contributed by atoms with Gasteiger partial charge in [0.25, 0.3) is 5.67 Å². The number of nitrogens with zero attached hydrogens (tertiary/aromatic N) is 4. The van der Waals surface area contributed by atoms with E-state index < -0.39 is 11.6 Å². The van der Waals surface area contributed by atoms with E-state index in [1.54, 1.807) is 37.8 Å². The van der Waals surface area contributed by atoms with Crippen LogP contribution in [0.25, 0.3) is 22.7 Å². The second kappa shape index (κ2) is 7.31. The molecule has 152 valence electrons. The monoisotopic (exact) mass is 400 g/mol. The van der Waals surface area contributed by atoms with Crippen molar-refractivity contribution in [2.45, 2.75) is 38.9 Å². The predicted octanol–water partition coefficient (Wildman–Crippen LogP) is 3.44. The molecule has 0 aliphatic carbocycles. The van der Waals surface area contributed by atoms with Crippen LogP contribution in [0.1, 0.15) is 31.5 Å². The summed E-state index contributed by atoms with van der Waals surface area (Å²) in [5, 5.41) is 8.16. The molecule has 29 heavy (non-hydrogen) atoms. The zero-order valence-electron chi connectivity index (χ0n) is 16.4. The summed E-state index contributed by atoms with van der Waals surface area (Å²) in [5.74, 6) is 1.21. The van der Waals surface area contributed by atoms with Crippen LogP contribution in [0.2, 0.25) is 0 Å². The van der Waals surface area contributed by atoms with Gasteiger partial charge in [0.2, 0.25) is 0 Å². The average Bonchev–Trinajstić information content (AvgIpc) is 3.35. The molecule has 1 aliphatic heterocycles. The van der Waals surface area contributed by atoms with E-state index in [1.165, 1.54) is 0 Å². The normalized spacial score (nSPS) is 18.3. The van der Waals surface area contributed by atoms with Gasteiger partial charge in [-0.05, 0) is 25.5 Å². The molecule has 0 amide bonds. The molecular weight excluding hydrogens is 379 g/mol. The first kappa shape index (κ1) is 19.1. The Kier molecular flexibility index (Phi) is 4.81. The van der Waals surface area contributed by atoms with Crippen molar-refractivity contribution >= 4 is 5.97 Å². The topological polar surface area (TPSA) is 92.3 Å². The van der Waals surface area contributed by atoms with E-state index in [1.807, 2.05) is 12.1 Å². The fraction of sp³-hybridized carbons (Fsp3) is 0.400. The fourth-order valence-corrected chi connectivity index (χ4v) is 3.57. The lowest BCUT2D eigenvalue weighted by Gasteiger charge is -2.27. The van der Waals surface area contributed by atoms with Gasteiger partial charge in [-0.15, -0.1) is 10.2 Å². The maximum atomic E-state index is 15.5. The Morgan fingerprint density at radius 1 is 1.38 bits per heavy atom. The van der Waals surface area contributed by atoms with Crippen LogP contribution in [0.5, 0.6) is 5.75 Å². The molecule has 0 saturated heterocycles. The van der Waals surface area contributed by atoms with Crippen molar-refractivity contribution < 1.29 is 23.1 Å². The molecule has 3 heterocycles. The number of rotatable bonds is 5. The van der Waals surface area contributed by atoms with E-state index in [-0.39, 0.29) is 18.9 Å². The maximum absolute atomic E-state index is 15.5. The van der Waals surface area contributed by atoms with Crippen LogP contribution in [0.4, 0.5) is 4.39 Å². The number of oxazole rings is 1. The minimum atomic E-state index is -2.29. The van der Waals surface area contributed by atoms with Crippen molar-refractivity contribution in [1.29, 1.82) is 0 Å². The Morgan fingerprint density at radius 2 is 2.21 bits per heavy atom. The number of benzene rings is 1. The highest BCUT2D eigenvalue weighted by molar-refractivity contribution is 5.81. The summed E-state index contributed by atoms with van der Waals surface area (Å²) in [5.41, 5.74) is -0.865. The third-order valence-corrected chi connectivity index (χ3v) is 4.95. The van der Waals surface area contributed by atoms with E-state index >= 15 is 4.39 Å². The first-order valence-electron chi connectivity index (χ1n) is 9.39. The first-order valence-corrected chi connectivity index (χ1v) is 9.39. The van der Waals surface area contributed by atoms with Gasteiger partial charge >= 0.3 is 5.97 Å². The van der Waals surface area contributed by atoms with Crippen LogP contribution in [-0.4, -0.2) is 39.4 Å². The lowest BCUT2D eigenvalue weighted by molar-refractivity contribution is -0.160. The van der Waals surface area contributed by atoms with Crippen molar-refractivity contribution in [3.05, 3.63) is 36.1 Å². The molecule has 8 nitrogen and oxygen atoms in total. The standard InChI is InChI=1S/C20H21FN4O4/c1-4-28-19(26)20(21)8-5-9-25-17(23-24-18(20)25)13-6-7-14(15(10-13)27-3)16-11-22-12(2)29-16/h6-7,10-11H,4-5,8-9H2,1-3H3.